The van der Waals surface area contributed by atoms with Crippen molar-refractivity contribution in [3.63, 3.8) is 0 Å². The Labute approximate surface area is 125 Å². The lowest BCUT2D eigenvalue weighted by Crippen LogP contribution is -2.26. The number of para-hydroxylation sites is 1. The standard InChI is InChI=1S/C17H22N2O2/c1-11(2)12(3)15-8-16-14-6-4-5-7-17(14)21-10-13(20)9-19(16)18-15/h4-8,11-13,20H,9-10H2,1-3H3/t12?,13-/m0/s1. The Kier molecular flexibility index (Phi) is 3.72. The smallest absolute Gasteiger partial charge is 0.128 e. The van der Waals surface area contributed by atoms with E-state index in [2.05, 4.69) is 26.8 Å². The second-order valence-corrected chi connectivity index (χ2v) is 6.13. The summed E-state index contributed by atoms with van der Waals surface area (Å²) in [5, 5.41) is 14.8. The summed E-state index contributed by atoms with van der Waals surface area (Å²) < 4.78 is 7.64. The fraction of sp³-hybridized carbons (Fsp3) is 0.471. The van der Waals surface area contributed by atoms with E-state index in [4.69, 9.17) is 9.84 Å². The number of benzene rings is 1. The van der Waals surface area contributed by atoms with Gasteiger partial charge in [0.25, 0.3) is 0 Å². The molecule has 3 rings (SSSR count). The van der Waals surface area contributed by atoms with Crippen molar-refractivity contribution < 1.29 is 9.84 Å². The zero-order valence-corrected chi connectivity index (χ0v) is 12.8. The van der Waals surface area contributed by atoms with Crippen molar-refractivity contribution in [3.8, 4) is 17.0 Å². The van der Waals surface area contributed by atoms with Crippen LogP contribution in [0.25, 0.3) is 11.3 Å². The quantitative estimate of drug-likeness (QED) is 0.923. The Hall–Kier alpha value is -1.81. The van der Waals surface area contributed by atoms with Crippen molar-refractivity contribution in [3.05, 3.63) is 36.0 Å². The highest BCUT2D eigenvalue weighted by atomic mass is 16.5. The molecule has 1 aliphatic heterocycles. The van der Waals surface area contributed by atoms with Crippen molar-refractivity contribution in [2.24, 2.45) is 5.92 Å². The molecule has 2 atom stereocenters. The third-order valence-electron chi connectivity index (χ3n) is 4.24. The van der Waals surface area contributed by atoms with Crippen LogP contribution in [0.1, 0.15) is 32.4 Å². The average molecular weight is 286 g/mol. The van der Waals surface area contributed by atoms with Gasteiger partial charge >= 0.3 is 0 Å². The second kappa shape index (κ2) is 5.53. The van der Waals surface area contributed by atoms with E-state index in [0.717, 1.165) is 22.7 Å². The molecule has 1 N–H and O–H groups in total. The van der Waals surface area contributed by atoms with Crippen LogP contribution < -0.4 is 4.74 Å². The monoisotopic (exact) mass is 286 g/mol. The van der Waals surface area contributed by atoms with Gasteiger partial charge < -0.3 is 9.84 Å². The first kappa shape index (κ1) is 14.1. The molecular weight excluding hydrogens is 264 g/mol. The summed E-state index contributed by atoms with van der Waals surface area (Å²) >= 11 is 0. The van der Waals surface area contributed by atoms with Gasteiger partial charge in [-0.2, -0.15) is 5.10 Å². The van der Waals surface area contributed by atoms with Gasteiger partial charge in [0.1, 0.15) is 18.5 Å². The Bertz CT molecular complexity index is 633. The van der Waals surface area contributed by atoms with Gasteiger partial charge in [-0.05, 0) is 24.1 Å². The molecule has 0 spiro atoms. The molecule has 4 heteroatoms. The SMILES string of the molecule is CC(C)C(C)c1cc2n(n1)C[C@H](O)COc1ccccc1-2. The molecule has 1 aromatic carbocycles. The molecule has 0 aliphatic carbocycles. The summed E-state index contributed by atoms with van der Waals surface area (Å²) in [6, 6.07) is 10.1. The van der Waals surface area contributed by atoms with Gasteiger partial charge in [0, 0.05) is 11.5 Å². The van der Waals surface area contributed by atoms with Crippen molar-refractivity contribution in [2.45, 2.75) is 39.3 Å². The third-order valence-corrected chi connectivity index (χ3v) is 4.24. The van der Waals surface area contributed by atoms with Crippen LogP contribution in [0.5, 0.6) is 5.75 Å². The molecule has 1 aromatic heterocycles. The van der Waals surface area contributed by atoms with Crippen LogP contribution in [-0.2, 0) is 6.54 Å². The maximum Gasteiger partial charge on any atom is 0.128 e. The van der Waals surface area contributed by atoms with Crippen LogP contribution >= 0.6 is 0 Å². The predicted octanol–water partition coefficient (Wildman–Crippen LogP) is 3.06. The van der Waals surface area contributed by atoms with Gasteiger partial charge in [0.2, 0.25) is 0 Å². The zero-order chi connectivity index (χ0) is 15.0. The van der Waals surface area contributed by atoms with Crippen LogP contribution in [-0.4, -0.2) is 27.6 Å². The van der Waals surface area contributed by atoms with Gasteiger partial charge in [-0.3, -0.25) is 4.68 Å². The van der Waals surface area contributed by atoms with Gasteiger partial charge in [-0.1, -0.05) is 32.9 Å². The molecule has 0 saturated heterocycles. The maximum atomic E-state index is 10.1. The molecule has 2 heterocycles. The number of aromatic nitrogens is 2. The van der Waals surface area contributed by atoms with Gasteiger partial charge in [0.05, 0.1) is 17.9 Å². The lowest BCUT2D eigenvalue weighted by atomic mass is 9.94. The first-order valence-corrected chi connectivity index (χ1v) is 7.54. The number of hydrogen-bond donors (Lipinski definition) is 1. The van der Waals surface area contributed by atoms with E-state index in [1.54, 1.807) is 0 Å². The summed E-state index contributed by atoms with van der Waals surface area (Å²) in [5.41, 5.74) is 3.13. The minimum absolute atomic E-state index is 0.297. The minimum atomic E-state index is -0.542. The highest BCUT2D eigenvalue weighted by Gasteiger charge is 2.22. The lowest BCUT2D eigenvalue weighted by molar-refractivity contribution is 0.0876. The predicted molar refractivity (Wildman–Crippen MR) is 82.4 cm³/mol. The van der Waals surface area contributed by atoms with Gasteiger partial charge in [0.15, 0.2) is 0 Å². The van der Waals surface area contributed by atoms with Crippen LogP contribution in [0.15, 0.2) is 30.3 Å². The molecule has 112 valence electrons. The minimum Gasteiger partial charge on any atom is -0.490 e. The molecule has 0 amide bonds. The van der Waals surface area contributed by atoms with E-state index in [-0.39, 0.29) is 0 Å². The highest BCUT2D eigenvalue weighted by Crippen LogP contribution is 2.34. The fourth-order valence-electron chi connectivity index (χ4n) is 2.60. The number of ether oxygens (including phenoxy) is 1. The summed E-state index contributed by atoms with van der Waals surface area (Å²) in [7, 11) is 0. The maximum absolute atomic E-state index is 10.1. The van der Waals surface area contributed by atoms with Gasteiger partial charge in [-0.25, -0.2) is 0 Å². The molecule has 2 aromatic rings. The average Bonchev–Trinajstić information content (AvgIpc) is 2.86. The van der Waals surface area contributed by atoms with E-state index < -0.39 is 6.10 Å². The van der Waals surface area contributed by atoms with Crippen molar-refractivity contribution >= 4 is 0 Å². The number of rotatable bonds is 2. The molecule has 0 saturated carbocycles. The van der Waals surface area contributed by atoms with E-state index >= 15 is 0 Å². The van der Waals surface area contributed by atoms with E-state index in [1.807, 2.05) is 28.9 Å². The molecule has 0 bridgehead atoms. The van der Waals surface area contributed by atoms with Crippen molar-refractivity contribution in [1.29, 1.82) is 0 Å². The Balaban J connectivity index is 2.11. The molecule has 4 nitrogen and oxygen atoms in total. The lowest BCUT2D eigenvalue weighted by Gasteiger charge is -2.20. The Morgan fingerprint density at radius 2 is 2.05 bits per heavy atom. The Morgan fingerprint density at radius 3 is 2.81 bits per heavy atom. The molecule has 0 radical (unpaired) electrons. The summed E-state index contributed by atoms with van der Waals surface area (Å²) in [5.74, 6) is 1.72. The molecule has 0 fully saturated rings. The first-order valence-electron chi connectivity index (χ1n) is 7.54. The number of nitrogens with zero attached hydrogens (tertiary/aromatic N) is 2. The van der Waals surface area contributed by atoms with Crippen LogP contribution in [0.4, 0.5) is 0 Å². The molecule has 21 heavy (non-hydrogen) atoms. The third kappa shape index (κ3) is 2.68. The largest absolute Gasteiger partial charge is 0.490 e. The molecule has 1 unspecified atom stereocenters. The topological polar surface area (TPSA) is 47.3 Å². The second-order valence-electron chi connectivity index (χ2n) is 6.13. The van der Waals surface area contributed by atoms with E-state index in [0.29, 0.717) is 25.0 Å². The molecule has 1 aliphatic rings. The van der Waals surface area contributed by atoms with Crippen LogP contribution in [0, 0.1) is 5.92 Å². The number of aliphatic hydroxyl groups is 1. The number of hydrogen-bond acceptors (Lipinski definition) is 3. The number of fused-ring (bicyclic) bond motifs is 3. The Morgan fingerprint density at radius 1 is 1.29 bits per heavy atom. The van der Waals surface area contributed by atoms with Crippen LogP contribution in [0.2, 0.25) is 0 Å². The summed E-state index contributed by atoms with van der Waals surface area (Å²) in [6.07, 6.45) is -0.542. The normalized spacial score (nSPS) is 19.2. The number of aliphatic hydroxyl groups excluding tert-OH is 1. The molecular formula is C17H22N2O2. The fourth-order valence-corrected chi connectivity index (χ4v) is 2.60. The van der Waals surface area contributed by atoms with Crippen molar-refractivity contribution in [1.82, 2.24) is 9.78 Å². The first-order chi connectivity index (χ1) is 10.1. The summed E-state index contributed by atoms with van der Waals surface area (Å²) in [6.45, 7) is 7.36. The van der Waals surface area contributed by atoms with Crippen LogP contribution in [0.3, 0.4) is 0 Å². The van der Waals surface area contributed by atoms with E-state index in [9.17, 15) is 5.11 Å². The van der Waals surface area contributed by atoms with Gasteiger partial charge in [-0.15, -0.1) is 0 Å². The van der Waals surface area contributed by atoms with Crippen molar-refractivity contribution in [2.75, 3.05) is 6.61 Å². The summed E-state index contributed by atoms with van der Waals surface area (Å²) in [4.78, 5) is 0. The van der Waals surface area contributed by atoms with E-state index in [1.165, 1.54) is 0 Å². The highest BCUT2D eigenvalue weighted by molar-refractivity contribution is 5.68. The zero-order valence-electron chi connectivity index (χ0n) is 12.8.